The fourth-order valence-corrected chi connectivity index (χ4v) is 4.71. The third kappa shape index (κ3) is 3.18. The molecule has 0 radical (unpaired) electrons. The van der Waals surface area contributed by atoms with Crippen LogP contribution in [0.15, 0.2) is 12.4 Å². The van der Waals surface area contributed by atoms with Crippen molar-refractivity contribution in [3.05, 3.63) is 12.4 Å². The molecule has 0 bridgehead atoms. The van der Waals surface area contributed by atoms with Crippen LogP contribution in [0.1, 0.15) is 26.7 Å². The van der Waals surface area contributed by atoms with Crippen molar-refractivity contribution in [2.24, 2.45) is 13.0 Å². The number of hydrogen-bond acceptors (Lipinski definition) is 4. The first-order valence-corrected chi connectivity index (χ1v) is 9.27. The quantitative estimate of drug-likeness (QED) is 0.853. The fraction of sp³-hybridized carbons (Fsp3) is 0.750. The van der Waals surface area contributed by atoms with Crippen LogP contribution in [0.5, 0.6) is 0 Å². The number of nitrogens with zero attached hydrogens (tertiary/aromatic N) is 4. The van der Waals surface area contributed by atoms with Crippen LogP contribution in [0.3, 0.4) is 0 Å². The smallest absolute Gasteiger partial charge is 0.244 e. The third-order valence-corrected chi connectivity index (χ3v) is 6.26. The van der Waals surface area contributed by atoms with Gasteiger partial charge in [0.15, 0.2) is 0 Å². The van der Waals surface area contributed by atoms with E-state index in [0.29, 0.717) is 11.2 Å². The second kappa shape index (κ2) is 6.62. The predicted octanol–water partition coefficient (Wildman–Crippen LogP) is 1.99. The zero-order valence-corrected chi connectivity index (χ0v) is 14.6. The van der Waals surface area contributed by atoms with E-state index in [1.165, 1.54) is 0 Å². The van der Waals surface area contributed by atoms with Gasteiger partial charge >= 0.3 is 0 Å². The predicted molar refractivity (Wildman–Crippen MR) is 91.2 cm³/mol. The minimum Gasteiger partial charge on any atom is -0.308 e. The van der Waals surface area contributed by atoms with Gasteiger partial charge in [-0.2, -0.15) is 16.9 Å². The van der Waals surface area contributed by atoms with Crippen molar-refractivity contribution in [1.29, 1.82) is 0 Å². The molecule has 1 amide bonds. The highest BCUT2D eigenvalue weighted by atomic mass is 32.2. The minimum atomic E-state index is 0.0520. The Morgan fingerprint density at radius 1 is 1.36 bits per heavy atom. The Morgan fingerprint density at radius 2 is 2.18 bits per heavy atom. The van der Waals surface area contributed by atoms with Crippen LogP contribution in [0.2, 0.25) is 0 Å². The summed E-state index contributed by atoms with van der Waals surface area (Å²) >= 11 is 2.06. The Balaban J connectivity index is 1.72. The van der Waals surface area contributed by atoms with E-state index in [1.54, 1.807) is 10.9 Å². The molecule has 1 aromatic rings. The van der Waals surface area contributed by atoms with Crippen LogP contribution in [-0.2, 0) is 11.8 Å². The van der Waals surface area contributed by atoms with Gasteiger partial charge in [-0.25, -0.2) is 0 Å². The van der Waals surface area contributed by atoms with E-state index in [0.717, 1.165) is 43.9 Å². The Labute approximate surface area is 137 Å². The molecule has 0 aromatic carbocycles. The van der Waals surface area contributed by atoms with Gasteiger partial charge in [0, 0.05) is 43.9 Å². The molecule has 22 heavy (non-hydrogen) atoms. The molecule has 0 unspecified atom stereocenters. The lowest BCUT2D eigenvalue weighted by molar-refractivity contribution is -0.125. The molecule has 0 aliphatic carbocycles. The fourth-order valence-electron chi connectivity index (χ4n) is 3.38. The van der Waals surface area contributed by atoms with Crippen LogP contribution in [0.4, 0.5) is 5.69 Å². The average Bonchev–Trinajstić information content (AvgIpc) is 2.94. The highest BCUT2D eigenvalue weighted by molar-refractivity contribution is 8.00. The first-order chi connectivity index (χ1) is 10.6. The summed E-state index contributed by atoms with van der Waals surface area (Å²) in [6.07, 6.45) is 5.79. The molecule has 3 heterocycles. The summed E-state index contributed by atoms with van der Waals surface area (Å²) in [5.74, 6) is 2.06. The van der Waals surface area contributed by atoms with Crippen molar-refractivity contribution in [2.45, 2.75) is 38.0 Å². The largest absolute Gasteiger partial charge is 0.308 e. The summed E-state index contributed by atoms with van der Waals surface area (Å²) in [5.41, 5.74) is 0.934. The van der Waals surface area contributed by atoms with Crippen molar-refractivity contribution >= 4 is 23.4 Å². The van der Waals surface area contributed by atoms with Gasteiger partial charge < -0.3 is 4.90 Å². The first kappa shape index (κ1) is 15.9. The number of anilines is 1. The molecule has 0 N–H and O–H groups in total. The Hall–Kier alpha value is -1.01. The Kier molecular flexibility index (Phi) is 4.78. The molecule has 2 atom stereocenters. The average molecular weight is 322 g/mol. The molecule has 0 saturated carbocycles. The minimum absolute atomic E-state index is 0.0520. The Morgan fingerprint density at radius 3 is 2.86 bits per heavy atom. The number of thioether (sulfide) groups is 1. The molecule has 0 spiro atoms. The van der Waals surface area contributed by atoms with Gasteiger partial charge in [0.25, 0.3) is 0 Å². The van der Waals surface area contributed by atoms with Crippen LogP contribution in [0.25, 0.3) is 0 Å². The van der Waals surface area contributed by atoms with E-state index in [1.807, 2.05) is 18.1 Å². The highest BCUT2D eigenvalue weighted by Crippen LogP contribution is 2.29. The summed E-state index contributed by atoms with van der Waals surface area (Å²) in [4.78, 5) is 17.3. The molecule has 2 fully saturated rings. The SMILES string of the molecule is CC(C)[C@@H]1CN([C@@H]2CCCN(c3cnn(C)c3)C2=O)CCS1. The summed E-state index contributed by atoms with van der Waals surface area (Å²) in [6.45, 7) is 7.46. The molecular weight excluding hydrogens is 296 g/mol. The van der Waals surface area contributed by atoms with Crippen molar-refractivity contribution < 1.29 is 4.79 Å². The van der Waals surface area contributed by atoms with Crippen LogP contribution >= 0.6 is 11.8 Å². The summed E-state index contributed by atoms with van der Waals surface area (Å²) in [5, 5.41) is 4.85. The summed E-state index contributed by atoms with van der Waals surface area (Å²) < 4.78 is 1.76. The highest BCUT2D eigenvalue weighted by Gasteiger charge is 2.37. The maximum Gasteiger partial charge on any atom is 0.244 e. The van der Waals surface area contributed by atoms with E-state index in [4.69, 9.17) is 0 Å². The standard InChI is InChI=1S/C16H26N4OS/c1-12(2)15-11-19(7-8-22-15)14-5-4-6-20(16(14)21)13-9-17-18(3)10-13/h9-10,12,14-15H,4-8,11H2,1-3H3/t14-,15+/m1/s1. The molecule has 5 nitrogen and oxygen atoms in total. The number of rotatable bonds is 3. The van der Waals surface area contributed by atoms with Crippen LogP contribution < -0.4 is 4.90 Å². The number of aromatic nitrogens is 2. The molecule has 1 aromatic heterocycles. The van der Waals surface area contributed by atoms with E-state index in [9.17, 15) is 4.79 Å². The number of piperidine rings is 1. The van der Waals surface area contributed by atoms with Crippen molar-refractivity contribution in [2.75, 3.05) is 30.3 Å². The number of aryl methyl sites for hydroxylation is 1. The van der Waals surface area contributed by atoms with Gasteiger partial charge in [-0.1, -0.05) is 13.8 Å². The number of carbonyl (C=O) groups is 1. The van der Waals surface area contributed by atoms with Gasteiger partial charge in [-0.05, 0) is 18.8 Å². The molecule has 3 rings (SSSR count). The number of carbonyl (C=O) groups excluding carboxylic acids is 1. The zero-order valence-electron chi connectivity index (χ0n) is 13.7. The topological polar surface area (TPSA) is 41.4 Å². The second-order valence-electron chi connectivity index (χ2n) is 6.67. The summed E-state index contributed by atoms with van der Waals surface area (Å²) in [6, 6.07) is 0.0520. The van der Waals surface area contributed by atoms with Gasteiger partial charge in [0.05, 0.1) is 17.9 Å². The summed E-state index contributed by atoms with van der Waals surface area (Å²) in [7, 11) is 1.89. The maximum atomic E-state index is 13.0. The van der Waals surface area contributed by atoms with Crippen LogP contribution in [-0.4, -0.2) is 57.3 Å². The molecule has 2 aliphatic heterocycles. The number of amides is 1. The third-order valence-electron chi connectivity index (χ3n) is 4.72. The molecular formula is C16H26N4OS. The zero-order chi connectivity index (χ0) is 15.7. The van der Waals surface area contributed by atoms with Crippen molar-refractivity contribution in [3.63, 3.8) is 0 Å². The number of hydrogen-bond donors (Lipinski definition) is 0. The van der Waals surface area contributed by atoms with Crippen LogP contribution in [0, 0.1) is 5.92 Å². The van der Waals surface area contributed by atoms with E-state index >= 15 is 0 Å². The van der Waals surface area contributed by atoms with E-state index in [2.05, 4.69) is 35.6 Å². The molecule has 6 heteroatoms. The molecule has 122 valence electrons. The molecule has 2 saturated heterocycles. The van der Waals surface area contributed by atoms with Crippen molar-refractivity contribution in [3.8, 4) is 0 Å². The Bertz CT molecular complexity index is 530. The molecule has 2 aliphatic rings. The maximum absolute atomic E-state index is 13.0. The lowest BCUT2D eigenvalue weighted by atomic mass is 10.0. The van der Waals surface area contributed by atoms with Gasteiger partial charge in [0.2, 0.25) is 5.91 Å². The van der Waals surface area contributed by atoms with Gasteiger partial charge in [-0.15, -0.1) is 0 Å². The van der Waals surface area contributed by atoms with E-state index < -0.39 is 0 Å². The first-order valence-electron chi connectivity index (χ1n) is 8.22. The monoisotopic (exact) mass is 322 g/mol. The van der Waals surface area contributed by atoms with Crippen molar-refractivity contribution in [1.82, 2.24) is 14.7 Å². The lowest BCUT2D eigenvalue weighted by Crippen LogP contribution is -2.56. The second-order valence-corrected chi connectivity index (χ2v) is 8.02. The van der Waals surface area contributed by atoms with Gasteiger partial charge in [0.1, 0.15) is 0 Å². The normalized spacial score (nSPS) is 27.6. The van der Waals surface area contributed by atoms with Gasteiger partial charge in [-0.3, -0.25) is 14.4 Å². The van der Waals surface area contributed by atoms with E-state index in [-0.39, 0.29) is 11.9 Å². The lowest BCUT2D eigenvalue weighted by Gasteiger charge is -2.42.